The van der Waals surface area contributed by atoms with Crippen LogP contribution in [0.3, 0.4) is 0 Å². The Bertz CT molecular complexity index is 307. The predicted molar refractivity (Wildman–Crippen MR) is 56.0 cm³/mol. The van der Waals surface area contributed by atoms with Crippen LogP contribution >= 0.6 is 0 Å². The van der Waals surface area contributed by atoms with Gasteiger partial charge < -0.3 is 11.1 Å². The van der Waals surface area contributed by atoms with Crippen LogP contribution in [0.25, 0.3) is 0 Å². The zero-order valence-corrected chi connectivity index (χ0v) is 8.01. The molecule has 2 heteroatoms. The van der Waals surface area contributed by atoms with Gasteiger partial charge in [0.1, 0.15) is 0 Å². The molecule has 0 saturated heterocycles. The second kappa shape index (κ2) is 3.38. The monoisotopic (exact) mass is 176 g/mol. The number of fused-ring (bicyclic) bond motifs is 1. The third kappa shape index (κ3) is 1.68. The molecule has 1 aromatic carbocycles. The Balaban J connectivity index is 2.16. The van der Waals surface area contributed by atoms with Crippen molar-refractivity contribution < 1.29 is 0 Å². The van der Waals surface area contributed by atoms with Gasteiger partial charge in [0.25, 0.3) is 0 Å². The molecule has 1 aliphatic heterocycles. The van der Waals surface area contributed by atoms with Crippen molar-refractivity contribution in [2.45, 2.75) is 25.8 Å². The largest absolute Gasteiger partial charge is 0.382 e. The summed E-state index contributed by atoms with van der Waals surface area (Å²) >= 11 is 0. The summed E-state index contributed by atoms with van der Waals surface area (Å²) in [4.78, 5) is 0. The third-order valence-electron chi connectivity index (χ3n) is 2.60. The molecule has 13 heavy (non-hydrogen) atoms. The summed E-state index contributed by atoms with van der Waals surface area (Å²) in [7, 11) is 0. The highest BCUT2D eigenvalue weighted by molar-refractivity contribution is 5.57. The molecule has 3 N–H and O–H groups in total. The first-order valence-electron chi connectivity index (χ1n) is 4.86. The molecule has 2 rings (SSSR count). The molecule has 70 valence electrons. The SMILES string of the molecule is Cc1ccc2c(c1)CC(CCN)N2. The zero-order valence-electron chi connectivity index (χ0n) is 8.01. The maximum atomic E-state index is 5.53. The van der Waals surface area contributed by atoms with Crippen LogP contribution in [0.15, 0.2) is 18.2 Å². The summed E-state index contributed by atoms with van der Waals surface area (Å²) in [5.74, 6) is 0. The van der Waals surface area contributed by atoms with E-state index in [2.05, 4.69) is 30.4 Å². The molecule has 0 amide bonds. The minimum atomic E-state index is 0.557. The Hall–Kier alpha value is -1.02. The van der Waals surface area contributed by atoms with E-state index in [-0.39, 0.29) is 0 Å². The second-order valence-corrected chi connectivity index (χ2v) is 3.78. The van der Waals surface area contributed by atoms with Gasteiger partial charge in [0.2, 0.25) is 0 Å². The fourth-order valence-corrected chi connectivity index (χ4v) is 1.94. The summed E-state index contributed by atoms with van der Waals surface area (Å²) in [6.07, 6.45) is 2.20. The lowest BCUT2D eigenvalue weighted by Gasteiger charge is -2.08. The number of benzene rings is 1. The number of rotatable bonds is 2. The molecule has 2 nitrogen and oxygen atoms in total. The number of aryl methyl sites for hydroxylation is 1. The molecule has 0 radical (unpaired) electrons. The van der Waals surface area contributed by atoms with Gasteiger partial charge in [0.05, 0.1) is 0 Å². The molecule has 1 aromatic rings. The first kappa shape index (κ1) is 8.57. The van der Waals surface area contributed by atoms with Crippen LogP contribution < -0.4 is 11.1 Å². The van der Waals surface area contributed by atoms with E-state index in [1.54, 1.807) is 0 Å². The average molecular weight is 176 g/mol. The number of anilines is 1. The minimum Gasteiger partial charge on any atom is -0.382 e. The van der Waals surface area contributed by atoms with Crippen LogP contribution in [0.5, 0.6) is 0 Å². The highest BCUT2D eigenvalue weighted by Gasteiger charge is 2.18. The van der Waals surface area contributed by atoms with E-state index in [0.717, 1.165) is 19.4 Å². The molecule has 1 aliphatic rings. The van der Waals surface area contributed by atoms with E-state index in [0.29, 0.717) is 6.04 Å². The van der Waals surface area contributed by atoms with Crippen molar-refractivity contribution in [2.24, 2.45) is 5.73 Å². The van der Waals surface area contributed by atoms with Crippen LogP contribution in [-0.4, -0.2) is 12.6 Å². The maximum Gasteiger partial charge on any atom is 0.0375 e. The van der Waals surface area contributed by atoms with E-state index in [1.165, 1.54) is 16.8 Å². The Kier molecular flexibility index (Phi) is 2.23. The van der Waals surface area contributed by atoms with E-state index in [4.69, 9.17) is 5.73 Å². The molecular formula is C11H16N2. The molecule has 1 unspecified atom stereocenters. The summed E-state index contributed by atoms with van der Waals surface area (Å²) in [6, 6.07) is 7.14. The number of hydrogen-bond acceptors (Lipinski definition) is 2. The van der Waals surface area contributed by atoms with Crippen molar-refractivity contribution in [1.29, 1.82) is 0 Å². The first-order valence-corrected chi connectivity index (χ1v) is 4.86. The minimum absolute atomic E-state index is 0.557. The Morgan fingerprint density at radius 1 is 1.54 bits per heavy atom. The van der Waals surface area contributed by atoms with Crippen LogP contribution in [-0.2, 0) is 6.42 Å². The summed E-state index contributed by atoms with van der Waals surface area (Å²) in [5, 5.41) is 3.48. The smallest absolute Gasteiger partial charge is 0.0375 e. The van der Waals surface area contributed by atoms with Gasteiger partial charge in [-0.1, -0.05) is 17.7 Å². The van der Waals surface area contributed by atoms with Crippen LogP contribution in [0, 0.1) is 6.92 Å². The molecule has 0 spiro atoms. The molecule has 0 fully saturated rings. The Labute approximate surface area is 79.1 Å². The van der Waals surface area contributed by atoms with Crippen LogP contribution in [0.2, 0.25) is 0 Å². The van der Waals surface area contributed by atoms with Gasteiger partial charge in [-0.05, 0) is 37.9 Å². The van der Waals surface area contributed by atoms with E-state index in [1.807, 2.05) is 0 Å². The molecular weight excluding hydrogens is 160 g/mol. The molecule has 0 aromatic heterocycles. The normalized spacial score (nSPS) is 19.7. The van der Waals surface area contributed by atoms with E-state index in [9.17, 15) is 0 Å². The lowest BCUT2D eigenvalue weighted by atomic mass is 10.1. The van der Waals surface area contributed by atoms with Crippen molar-refractivity contribution in [1.82, 2.24) is 0 Å². The van der Waals surface area contributed by atoms with E-state index < -0.39 is 0 Å². The van der Waals surface area contributed by atoms with Gasteiger partial charge in [0, 0.05) is 11.7 Å². The number of hydrogen-bond donors (Lipinski definition) is 2. The van der Waals surface area contributed by atoms with Crippen molar-refractivity contribution in [3.05, 3.63) is 29.3 Å². The van der Waals surface area contributed by atoms with Gasteiger partial charge in [-0.3, -0.25) is 0 Å². The van der Waals surface area contributed by atoms with Gasteiger partial charge in [-0.2, -0.15) is 0 Å². The molecule has 1 heterocycles. The Morgan fingerprint density at radius 2 is 2.38 bits per heavy atom. The van der Waals surface area contributed by atoms with Crippen LogP contribution in [0.1, 0.15) is 17.5 Å². The Morgan fingerprint density at radius 3 is 3.15 bits per heavy atom. The molecule has 1 atom stereocenters. The fraction of sp³-hybridized carbons (Fsp3) is 0.455. The highest BCUT2D eigenvalue weighted by Crippen LogP contribution is 2.27. The zero-order chi connectivity index (χ0) is 9.26. The standard InChI is InChI=1S/C11H16N2/c1-8-2-3-11-9(6-8)7-10(13-11)4-5-12/h2-3,6,10,13H,4-5,7,12H2,1H3. The molecule has 0 saturated carbocycles. The number of nitrogens with two attached hydrogens (primary N) is 1. The fourth-order valence-electron chi connectivity index (χ4n) is 1.94. The maximum absolute atomic E-state index is 5.53. The van der Waals surface area contributed by atoms with Crippen LogP contribution in [0.4, 0.5) is 5.69 Å². The second-order valence-electron chi connectivity index (χ2n) is 3.78. The van der Waals surface area contributed by atoms with Gasteiger partial charge in [-0.15, -0.1) is 0 Å². The topological polar surface area (TPSA) is 38.0 Å². The molecule has 0 aliphatic carbocycles. The van der Waals surface area contributed by atoms with E-state index >= 15 is 0 Å². The van der Waals surface area contributed by atoms with Gasteiger partial charge >= 0.3 is 0 Å². The third-order valence-corrected chi connectivity index (χ3v) is 2.60. The van der Waals surface area contributed by atoms with Gasteiger partial charge in [-0.25, -0.2) is 0 Å². The quantitative estimate of drug-likeness (QED) is 0.719. The van der Waals surface area contributed by atoms with Crippen molar-refractivity contribution in [2.75, 3.05) is 11.9 Å². The summed E-state index contributed by atoms with van der Waals surface area (Å²) in [5.41, 5.74) is 9.61. The van der Waals surface area contributed by atoms with Crippen molar-refractivity contribution in [3.8, 4) is 0 Å². The lowest BCUT2D eigenvalue weighted by Crippen LogP contribution is -2.19. The summed E-state index contributed by atoms with van der Waals surface area (Å²) in [6.45, 7) is 2.90. The predicted octanol–water partition coefficient (Wildman–Crippen LogP) is 1.68. The van der Waals surface area contributed by atoms with Crippen molar-refractivity contribution in [3.63, 3.8) is 0 Å². The highest BCUT2D eigenvalue weighted by atomic mass is 14.9. The average Bonchev–Trinajstić information content (AvgIpc) is 2.46. The molecule has 0 bridgehead atoms. The first-order chi connectivity index (χ1) is 6.29. The summed E-state index contributed by atoms with van der Waals surface area (Å²) < 4.78 is 0. The lowest BCUT2D eigenvalue weighted by molar-refractivity contribution is 0.684. The number of nitrogens with one attached hydrogen (secondary N) is 1. The van der Waals surface area contributed by atoms with Gasteiger partial charge in [0.15, 0.2) is 0 Å². The van der Waals surface area contributed by atoms with Crippen molar-refractivity contribution >= 4 is 5.69 Å².